The Morgan fingerprint density at radius 1 is 0.800 bits per heavy atom. The predicted molar refractivity (Wildman–Crippen MR) is 80.3 cm³/mol. The van der Waals surface area contributed by atoms with Gasteiger partial charge in [-0.3, -0.25) is 0 Å². The second-order valence-electron chi connectivity index (χ2n) is 7.38. The van der Waals surface area contributed by atoms with Gasteiger partial charge in [-0.15, -0.1) is 0 Å². The minimum Gasteiger partial charge on any atom is -0.378 e. The third kappa shape index (κ3) is 3.45. The molecule has 5 heteroatoms. The summed E-state index contributed by atoms with van der Waals surface area (Å²) in [5.74, 6) is 2.51. The van der Waals surface area contributed by atoms with E-state index in [-0.39, 0.29) is 10.8 Å². The molecule has 2 rings (SSSR count). The largest absolute Gasteiger partial charge is 0.378 e. The standard InChI is InChI=1S/C15H26N4O/c1-14(2,3)11-16-12(15(4,5)6)18-13(17-11)19-7-9-20-10-8-19/h7-10H2,1-6H3. The van der Waals surface area contributed by atoms with E-state index in [1.165, 1.54) is 0 Å². The zero-order valence-corrected chi connectivity index (χ0v) is 13.5. The van der Waals surface area contributed by atoms with Crippen LogP contribution in [0.5, 0.6) is 0 Å². The SMILES string of the molecule is CC(C)(C)c1nc(N2CCOCC2)nc(C(C)(C)C)n1. The minimum absolute atomic E-state index is 0.0794. The molecule has 0 radical (unpaired) electrons. The lowest BCUT2D eigenvalue weighted by Crippen LogP contribution is -2.38. The van der Waals surface area contributed by atoms with Crippen LogP contribution in [0.2, 0.25) is 0 Å². The lowest BCUT2D eigenvalue weighted by atomic mass is 9.93. The van der Waals surface area contributed by atoms with Crippen LogP contribution in [0.1, 0.15) is 53.2 Å². The highest BCUT2D eigenvalue weighted by Gasteiger charge is 2.26. The van der Waals surface area contributed by atoms with Crippen LogP contribution in [0, 0.1) is 0 Å². The lowest BCUT2D eigenvalue weighted by Gasteiger charge is -2.29. The number of nitrogens with zero attached hydrogens (tertiary/aromatic N) is 4. The van der Waals surface area contributed by atoms with Crippen molar-refractivity contribution in [1.82, 2.24) is 15.0 Å². The summed E-state index contributed by atoms with van der Waals surface area (Å²) in [6.07, 6.45) is 0. The third-order valence-corrected chi connectivity index (χ3v) is 3.26. The molecule has 0 bridgehead atoms. The average Bonchev–Trinajstić information content (AvgIpc) is 2.37. The summed E-state index contributed by atoms with van der Waals surface area (Å²) >= 11 is 0. The Morgan fingerprint density at radius 3 is 1.65 bits per heavy atom. The molecule has 0 N–H and O–H groups in total. The molecule has 2 heterocycles. The zero-order valence-electron chi connectivity index (χ0n) is 13.5. The molecule has 0 aliphatic carbocycles. The Balaban J connectivity index is 2.45. The molecular formula is C15H26N4O. The molecule has 1 aromatic rings. The molecule has 1 saturated heterocycles. The highest BCUT2D eigenvalue weighted by Crippen LogP contribution is 2.25. The van der Waals surface area contributed by atoms with Gasteiger partial charge in [0.1, 0.15) is 11.6 Å². The van der Waals surface area contributed by atoms with Gasteiger partial charge in [-0.05, 0) is 0 Å². The first-order chi connectivity index (χ1) is 9.18. The van der Waals surface area contributed by atoms with E-state index in [9.17, 15) is 0 Å². The maximum absolute atomic E-state index is 5.40. The van der Waals surface area contributed by atoms with Gasteiger partial charge in [0.05, 0.1) is 13.2 Å². The van der Waals surface area contributed by atoms with Gasteiger partial charge >= 0.3 is 0 Å². The second-order valence-corrected chi connectivity index (χ2v) is 7.38. The monoisotopic (exact) mass is 278 g/mol. The van der Waals surface area contributed by atoms with E-state index in [1.807, 2.05) is 0 Å². The summed E-state index contributed by atoms with van der Waals surface area (Å²) in [4.78, 5) is 16.3. The van der Waals surface area contributed by atoms with Crippen molar-refractivity contribution >= 4 is 5.95 Å². The van der Waals surface area contributed by atoms with Gasteiger partial charge in [0.25, 0.3) is 0 Å². The first kappa shape index (κ1) is 15.2. The van der Waals surface area contributed by atoms with E-state index in [1.54, 1.807) is 0 Å². The molecule has 112 valence electrons. The number of morpholine rings is 1. The van der Waals surface area contributed by atoms with Crippen LogP contribution in [0.4, 0.5) is 5.95 Å². The molecule has 20 heavy (non-hydrogen) atoms. The normalized spacial score (nSPS) is 17.4. The van der Waals surface area contributed by atoms with Crippen LogP contribution in [0.25, 0.3) is 0 Å². The molecule has 5 nitrogen and oxygen atoms in total. The van der Waals surface area contributed by atoms with Gasteiger partial charge in [-0.25, -0.2) is 4.98 Å². The minimum atomic E-state index is -0.0794. The first-order valence-electron chi connectivity index (χ1n) is 7.28. The van der Waals surface area contributed by atoms with Crippen LogP contribution >= 0.6 is 0 Å². The van der Waals surface area contributed by atoms with Crippen molar-refractivity contribution in [3.05, 3.63) is 11.6 Å². The van der Waals surface area contributed by atoms with Crippen molar-refractivity contribution < 1.29 is 4.74 Å². The van der Waals surface area contributed by atoms with Crippen molar-refractivity contribution in [3.8, 4) is 0 Å². The molecule has 0 spiro atoms. The summed E-state index contributed by atoms with van der Waals surface area (Å²) in [5, 5.41) is 0. The fourth-order valence-corrected chi connectivity index (χ4v) is 1.94. The number of aromatic nitrogens is 3. The van der Waals surface area contributed by atoms with E-state index in [0.717, 1.165) is 43.9 Å². The fraction of sp³-hybridized carbons (Fsp3) is 0.800. The average molecular weight is 278 g/mol. The zero-order chi connectivity index (χ0) is 15.0. The molecule has 0 atom stereocenters. The smallest absolute Gasteiger partial charge is 0.229 e. The molecule has 1 fully saturated rings. The topological polar surface area (TPSA) is 51.1 Å². The molecule has 1 aliphatic heterocycles. The summed E-state index contributed by atoms with van der Waals surface area (Å²) in [5.41, 5.74) is -0.159. The number of hydrogen-bond donors (Lipinski definition) is 0. The quantitative estimate of drug-likeness (QED) is 0.789. The molecule has 1 aliphatic rings. The van der Waals surface area contributed by atoms with E-state index in [2.05, 4.69) is 56.4 Å². The maximum Gasteiger partial charge on any atom is 0.229 e. The van der Waals surface area contributed by atoms with Crippen molar-refractivity contribution in [1.29, 1.82) is 0 Å². The summed E-state index contributed by atoms with van der Waals surface area (Å²) in [7, 11) is 0. The summed E-state index contributed by atoms with van der Waals surface area (Å²) in [6, 6.07) is 0. The van der Waals surface area contributed by atoms with E-state index >= 15 is 0 Å². The second kappa shape index (κ2) is 5.28. The van der Waals surface area contributed by atoms with E-state index in [0.29, 0.717) is 0 Å². The van der Waals surface area contributed by atoms with Crippen molar-refractivity contribution in [2.24, 2.45) is 0 Å². The van der Waals surface area contributed by atoms with Crippen LogP contribution in [-0.4, -0.2) is 41.3 Å². The van der Waals surface area contributed by atoms with Crippen LogP contribution < -0.4 is 4.90 Å². The van der Waals surface area contributed by atoms with Crippen LogP contribution in [-0.2, 0) is 15.6 Å². The number of rotatable bonds is 1. The predicted octanol–water partition coefficient (Wildman–Crippen LogP) is 2.30. The lowest BCUT2D eigenvalue weighted by molar-refractivity contribution is 0.122. The number of ether oxygens (including phenoxy) is 1. The maximum atomic E-state index is 5.40. The molecular weight excluding hydrogens is 252 g/mol. The molecule has 0 saturated carbocycles. The van der Waals surface area contributed by atoms with Crippen LogP contribution in [0.15, 0.2) is 0 Å². The van der Waals surface area contributed by atoms with Gasteiger partial charge in [0, 0.05) is 23.9 Å². The van der Waals surface area contributed by atoms with Gasteiger partial charge < -0.3 is 9.64 Å². The molecule has 0 aromatic carbocycles. The first-order valence-corrected chi connectivity index (χ1v) is 7.28. The van der Waals surface area contributed by atoms with Gasteiger partial charge in [-0.1, -0.05) is 41.5 Å². The number of anilines is 1. The van der Waals surface area contributed by atoms with Crippen LogP contribution in [0.3, 0.4) is 0 Å². The highest BCUT2D eigenvalue weighted by atomic mass is 16.5. The Hall–Kier alpha value is -1.23. The molecule has 0 amide bonds. The summed E-state index contributed by atoms with van der Waals surface area (Å²) < 4.78 is 5.40. The molecule has 0 unspecified atom stereocenters. The Bertz CT molecular complexity index is 435. The highest BCUT2D eigenvalue weighted by molar-refractivity contribution is 5.32. The van der Waals surface area contributed by atoms with E-state index in [4.69, 9.17) is 9.72 Å². The van der Waals surface area contributed by atoms with Crippen molar-refractivity contribution in [3.63, 3.8) is 0 Å². The van der Waals surface area contributed by atoms with Gasteiger partial charge in [-0.2, -0.15) is 9.97 Å². The van der Waals surface area contributed by atoms with Crippen molar-refractivity contribution in [2.75, 3.05) is 31.2 Å². The van der Waals surface area contributed by atoms with E-state index < -0.39 is 0 Å². The van der Waals surface area contributed by atoms with Crippen molar-refractivity contribution in [2.45, 2.75) is 52.4 Å². The number of hydrogen-bond acceptors (Lipinski definition) is 5. The van der Waals surface area contributed by atoms with Gasteiger partial charge in [0.15, 0.2) is 0 Å². The Kier molecular flexibility index (Phi) is 4.00. The third-order valence-electron chi connectivity index (χ3n) is 3.26. The Labute approximate surface area is 121 Å². The summed E-state index contributed by atoms with van der Waals surface area (Å²) in [6.45, 7) is 16.0. The van der Waals surface area contributed by atoms with Gasteiger partial charge in [0.2, 0.25) is 5.95 Å². The molecule has 1 aromatic heterocycles. The fourth-order valence-electron chi connectivity index (χ4n) is 1.94. The Morgan fingerprint density at radius 2 is 1.25 bits per heavy atom.